The number of rotatable bonds is 6. The van der Waals surface area contributed by atoms with Crippen LogP contribution in [-0.4, -0.2) is 71.4 Å². The minimum absolute atomic E-state index is 0.119. The molecule has 3 amide bonds. The van der Waals surface area contributed by atoms with Gasteiger partial charge in [0.05, 0.1) is 11.8 Å². The molecular weight excluding hydrogens is 470 g/mol. The highest BCUT2D eigenvalue weighted by Gasteiger charge is 2.52. The van der Waals surface area contributed by atoms with E-state index < -0.39 is 6.04 Å². The molecule has 0 unspecified atom stereocenters. The summed E-state index contributed by atoms with van der Waals surface area (Å²) in [4.78, 5) is 46.2. The number of carbonyl (C=O) groups is 3. The Morgan fingerprint density at radius 3 is 2.22 bits per heavy atom. The number of nitrogens with zero attached hydrogens (tertiary/aromatic N) is 3. The van der Waals surface area contributed by atoms with E-state index >= 15 is 0 Å². The van der Waals surface area contributed by atoms with E-state index in [1.165, 1.54) is 4.90 Å². The molecule has 0 radical (unpaired) electrons. The molecule has 8 heteroatoms. The molecule has 0 N–H and O–H groups in total. The lowest BCUT2D eigenvalue weighted by Crippen LogP contribution is -2.56. The fourth-order valence-corrected chi connectivity index (χ4v) is 6.26. The van der Waals surface area contributed by atoms with Crippen molar-refractivity contribution in [1.82, 2.24) is 14.7 Å². The highest BCUT2D eigenvalue weighted by Crippen LogP contribution is 2.39. The van der Waals surface area contributed by atoms with Gasteiger partial charge in [-0.1, -0.05) is 49.2 Å². The van der Waals surface area contributed by atoms with Gasteiger partial charge in [0.25, 0.3) is 0 Å². The Kier molecular flexibility index (Phi) is 6.59. The van der Waals surface area contributed by atoms with Gasteiger partial charge in [-0.2, -0.15) is 0 Å². The van der Waals surface area contributed by atoms with E-state index in [0.717, 1.165) is 67.9 Å². The molecule has 2 aromatic carbocycles. The number of ether oxygens (including phenoxy) is 2. The first-order chi connectivity index (χ1) is 18.1. The first kappa shape index (κ1) is 24.0. The summed E-state index contributed by atoms with van der Waals surface area (Å²) in [6, 6.07) is 14.9. The fraction of sp³-hybridized carbons (Fsp3) is 0.483. The van der Waals surface area contributed by atoms with Crippen molar-refractivity contribution < 1.29 is 23.9 Å². The maximum atomic E-state index is 13.9. The molecule has 37 heavy (non-hydrogen) atoms. The highest BCUT2D eigenvalue weighted by atomic mass is 16.7. The molecule has 4 aliphatic rings. The van der Waals surface area contributed by atoms with Gasteiger partial charge in [-0.15, -0.1) is 0 Å². The van der Waals surface area contributed by atoms with E-state index in [-0.39, 0.29) is 36.4 Å². The summed E-state index contributed by atoms with van der Waals surface area (Å²) in [5, 5.41) is 0. The average molecular weight is 504 g/mol. The molecule has 0 aromatic heterocycles. The third kappa shape index (κ3) is 4.70. The van der Waals surface area contributed by atoms with Crippen LogP contribution in [0, 0.1) is 11.8 Å². The van der Waals surface area contributed by atoms with Crippen LogP contribution in [0.4, 0.5) is 0 Å². The zero-order valence-corrected chi connectivity index (χ0v) is 21.0. The first-order valence-electron chi connectivity index (χ1n) is 13.4. The standard InChI is InChI=1S/C29H33N3O5/c33-27-22-8-4-5-9-23(22)28(34)32(27)24(16-20-6-2-1-3-7-20)29(35)31-14-12-30(13-15-31)18-21-10-11-25-26(17-21)37-19-36-25/h1-3,6-7,10-11,17,22-24H,4-5,8-9,12-16,18-19H2/t22-,23-,24-/m0/s1. The lowest BCUT2D eigenvalue weighted by Gasteiger charge is -2.38. The van der Waals surface area contributed by atoms with E-state index in [4.69, 9.17) is 9.47 Å². The van der Waals surface area contributed by atoms with Crippen LogP contribution < -0.4 is 9.47 Å². The van der Waals surface area contributed by atoms with Gasteiger partial charge >= 0.3 is 0 Å². The molecular formula is C29H33N3O5. The van der Waals surface area contributed by atoms with Crippen LogP contribution in [0.3, 0.4) is 0 Å². The minimum atomic E-state index is -0.784. The van der Waals surface area contributed by atoms with Gasteiger partial charge in [-0.05, 0) is 36.1 Å². The summed E-state index contributed by atoms with van der Waals surface area (Å²) in [7, 11) is 0. The Morgan fingerprint density at radius 1 is 0.838 bits per heavy atom. The van der Waals surface area contributed by atoms with Crippen LogP contribution in [-0.2, 0) is 27.3 Å². The summed E-state index contributed by atoms with van der Waals surface area (Å²) < 4.78 is 10.9. The SMILES string of the molecule is O=C([C@H](Cc1ccccc1)N1C(=O)[C@H]2CCCC[C@@H]2C1=O)N1CCN(Cc2ccc3c(c2)OCO3)CC1. The number of imide groups is 1. The van der Waals surface area contributed by atoms with Gasteiger partial charge in [-0.3, -0.25) is 24.2 Å². The molecule has 1 aliphatic carbocycles. The fourth-order valence-electron chi connectivity index (χ4n) is 6.26. The van der Waals surface area contributed by atoms with E-state index in [1.807, 2.05) is 53.4 Å². The molecule has 1 saturated carbocycles. The van der Waals surface area contributed by atoms with Gasteiger partial charge in [0.1, 0.15) is 6.04 Å². The first-order valence-corrected chi connectivity index (χ1v) is 13.4. The van der Waals surface area contributed by atoms with E-state index in [2.05, 4.69) is 4.90 Å². The van der Waals surface area contributed by atoms with Gasteiger partial charge in [-0.25, -0.2) is 0 Å². The maximum absolute atomic E-state index is 13.9. The third-order valence-electron chi connectivity index (χ3n) is 8.27. The lowest BCUT2D eigenvalue weighted by atomic mass is 9.81. The van der Waals surface area contributed by atoms with Crippen LogP contribution >= 0.6 is 0 Å². The van der Waals surface area contributed by atoms with Crippen molar-refractivity contribution in [2.24, 2.45) is 11.8 Å². The summed E-state index contributed by atoms with van der Waals surface area (Å²) in [6.45, 7) is 3.61. The smallest absolute Gasteiger partial charge is 0.246 e. The second-order valence-electron chi connectivity index (χ2n) is 10.5. The Balaban J connectivity index is 1.15. The predicted octanol–water partition coefficient (Wildman–Crippen LogP) is 2.85. The molecule has 3 aliphatic heterocycles. The minimum Gasteiger partial charge on any atom is -0.454 e. The number of hydrogen-bond donors (Lipinski definition) is 0. The summed E-state index contributed by atoms with van der Waals surface area (Å²) in [6.07, 6.45) is 3.79. The average Bonchev–Trinajstić information content (AvgIpc) is 3.50. The van der Waals surface area contributed by atoms with Crippen molar-refractivity contribution in [2.45, 2.75) is 44.7 Å². The second-order valence-corrected chi connectivity index (χ2v) is 10.5. The molecule has 3 heterocycles. The summed E-state index contributed by atoms with van der Waals surface area (Å²) >= 11 is 0. The van der Waals surface area contributed by atoms with Crippen LogP contribution in [0.5, 0.6) is 11.5 Å². The van der Waals surface area contributed by atoms with Crippen molar-refractivity contribution in [3.05, 3.63) is 59.7 Å². The number of fused-ring (bicyclic) bond motifs is 2. The van der Waals surface area contributed by atoms with Crippen molar-refractivity contribution in [1.29, 1.82) is 0 Å². The number of carbonyl (C=O) groups excluding carboxylic acids is 3. The van der Waals surface area contributed by atoms with Gasteiger partial charge in [0.15, 0.2) is 11.5 Å². The molecule has 3 atom stereocenters. The molecule has 0 bridgehead atoms. The number of piperazine rings is 1. The zero-order chi connectivity index (χ0) is 25.4. The Morgan fingerprint density at radius 2 is 1.51 bits per heavy atom. The molecule has 2 aromatic rings. The van der Waals surface area contributed by atoms with Crippen LogP contribution in [0.1, 0.15) is 36.8 Å². The largest absolute Gasteiger partial charge is 0.454 e. The van der Waals surface area contributed by atoms with Crippen LogP contribution in [0.25, 0.3) is 0 Å². The molecule has 8 nitrogen and oxygen atoms in total. The second kappa shape index (κ2) is 10.2. The Hall–Kier alpha value is -3.39. The number of benzene rings is 2. The van der Waals surface area contributed by atoms with E-state index in [1.54, 1.807) is 0 Å². The monoisotopic (exact) mass is 503 g/mol. The summed E-state index contributed by atoms with van der Waals surface area (Å²) in [5.41, 5.74) is 2.10. The normalized spacial score (nSPS) is 24.3. The molecule has 194 valence electrons. The quantitative estimate of drug-likeness (QED) is 0.564. The third-order valence-corrected chi connectivity index (χ3v) is 8.27. The van der Waals surface area contributed by atoms with E-state index in [0.29, 0.717) is 19.5 Å². The number of likely N-dealkylation sites (tertiary alicyclic amines) is 1. The number of amides is 3. The number of hydrogen-bond acceptors (Lipinski definition) is 6. The van der Waals surface area contributed by atoms with Crippen molar-refractivity contribution in [3.8, 4) is 11.5 Å². The molecule has 3 fully saturated rings. The Bertz CT molecular complexity index is 1150. The lowest BCUT2D eigenvalue weighted by molar-refractivity contribution is -0.152. The maximum Gasteiger partial charge on any atom is 0.246 e. The van der Waals surface area contributed by atoms with Crippen LogP contribution in [0.2, 0.25) is 0 Å². The van der Waals surface area contributed by atoms with Crippen molar-refractivity contribution in [2.75, 3.05) is 33.0 Å². The highest BCUT2D eigenvalue weighted by molar-refractivity contribution is 6.08. The molecule has 0 spiro atoms. The molecule has 6 rings (SSSR count). The summed E-state index contributed by atoms with van der Waals surface area (Å²) in [5.74, 6) is 0.615. The van der Waals surface area contributed by atoms with Crippen molar-refractivity contribution in [3.63, 3.8) is 0 Å². The van der Waals surface area contributed by atoms with Gasteiger partial charge in [0, 0.05) is 39.1 Å². The zero-order valence-electron chi connectivity index (χ0n) is 21.0. The van der Waals surface area contributed by atoms with Crippen molar-refractivity contribution >= 4 is 17.7 Å². The van der Waals surface area contributed by atoms with Crippen LogP contribution in [0.15, 0.2) is 48.5 Å². The van der Waals surface area contributed by atoms with E-state index in [9.17, 15) is 14.4 Å². The van der Waals surface area contributed by atoms with Gasteiger partial charge < -0.3 is 14.4 Å². The van der Waals surface area contributed by atoms with Gasteiger partial charge in [0.2, 0.25) is 24.5 Å². The Labute approximate surface area is 217 Å². The predicted molar refractivity (Wildman–Crippen MR) is 136 cm³/mol. The molecule has 2 saturated heterocycles. The topological polar surface area (TPSA) is 79.4 Å².